The van der Waals surface area contributed by atoms with Gasteiger partial charge in [0.1, 0.15) is 5.82 Å². The number of amides is 1. The van der Waals surface area contributed by atoms with Gasteiger partial charge in [0.05, 0.1) is 22.7 Å². The van der Waals surface area contributed by atoms with Gasteiger partial charge in [-0.3, -0.25) is 9.78 Å². The largest absolute Gasteiger partial charge is 0.396 e. The van der Waals surface area contributed by atoms with Crippen molar-refractivity contribution < 1.29 is 14.3 Å². The van der Waals surface area contributed by atoms with Crippen LogP contribution in [0.25, 0.3) is 33.2 Å². The zero-order valence-corrected chi connectivity index (χ0v) is 22.2. The molecule has 39 heavy (non-hydrogen) atoms. The fourth-order valence-corrected chi connectivity index (χ4v) is 5.48. The van der Waals surface area contributed by atoms with E-state index in [0.717, 1.165) is 36.1 Å². The molecular weight excluding hydrogens is 491 g/mol. The van der Waals surface area contributed by atoms with Crippen molar-refractivity contribution in [2.45, 2.75) is 32.2 Å². The van der Waals surface area contributed by atoms with E-state index in [2.05, 4.69) is 16.4 Å². The van der Waals surface area contributed by atoms with E-state index in [1.807, 2.05) is 43.3 Å². The molecule has 1 aliphatic rings. The first kappa shape index (κ1) is 26.5. The van der Waals surface area contributed by atoms with Gasteiger partial charge in [-0.2, -0.15) is 5.26 Å². The van der Waals surface area contributed by atoms with Gasteiger partial charge in [0.15, 0.2) is 0 Å². The molecule has 3 aromatic carbocycles. The number of carbonyl (C=O) groups is 1. The number of aliphatic hydroxyl groups excluding tert-OH is 1. The van der Waals surface area contributed by atoms with E-state index in [4.69, 9.17) is 0 Å². The lowest BCUT2D eigenvalue weighted by Gasteiger charge is -2.24. The molecular formula is C32H31FN4O2. The molecule has 1 atom stereocenters. The van der Waals surface area contributed by atoms with Crippen LogP contribution in [0, 0.1) is 24.1 Å². The fourth-order valence-electron chi connectivity index (χ4n) is 5.48. The molecule has 1 saturated heterocycles. The number of halogens is 1. The van der Waals surface area contributed by atoms with Gasteiger partial charge in [0.2, 0.25) is 0 Å². The minimum atomic E-state index is -0.435. The molecule has 6 nitrogen and oxygen atoms in total. The highest BCUT2D eigenvalue weighted by atomic mass is 19.1. The molecule has 1 amide bonds. The molecule has 0 saturated carbocycles. The van der Waals surface area contributed by atoms with Crippen molar-refractivity contribution in [3.05, 3.63) is 88.9 Å². The standard InChI is InChI=1S/C32H31FN4O2/c1-20-23(17-34)5-3-7-27(20)22-8-9-30-28(16-22)31(32(39)37(2)19-26-6-4-11-35-26)29(18-36-30)24-13-21(10-12-38)14-25(33)15-24/h3,5,7-9,13-16,18,26,35,38H,4,6,10-12,19H2,1-2H3/t26-/m0/s1. The molecule has 7 heteroatoms. The highest BCUT2D eigenvalue weighted by molar-refractivity contribution is 6.12. The number of pyridine rings is 1. The maximum atomic E-state index is 14.7. The van der Waals surface area contributed by atoms with Crippen molar-refractivity contribution in [2.75, 3.05) is 26.7 Å². The molecule has 2 N–H and O–H groups in total. The Bertz CT molecular complexity index is 1590. The third kappa shape index (κ3) is 5.40. The lowest BCUT2D eigenvalue weighted by molar-refractivity contribution is 0.0786. The Hall–Kier alpha value is -4.12. The first-order chi connectivity index (χ1) is 18.9. The normalized spacial score (nSPS) is 14.9. The third-order valence-corrected chi connectivity index (χ3v) is 7.52. The molecule has 0 radical (unpaired) electrons. The van der Waals surface area contributed by atoms with E-state index in [9.17, 15) is 19.6 Å². The van der Waals surface area contributed by atoms with Crippen LogP contribution in [0.3, 0.4) is 0 Å². The minimum Gasteiger partial charge on any atom is -0.396 e. The summed E-state index contributed by atoms with van der Waals surface area (Å²) in [6.45, 7) is 3.31. The molecule has 0 spiro atoms. The van der Waals surface area contributed by atoms with Gasteiger partial charge in [-0.05, 0) is 90.9 Å². The van der Waals surface area contributed by atoms with E-state index in [1.54, 1.807) is 24.2 Å². The van der Waals surface area contributed by atoms with Crippen LogP contribution in [0.5, 0.6) is 0 Å². The Kier molecular flexibility index (Phi) is 7.69. The average Bonchev–Trinajstić information content (AvgIpc) is 3.44. The van der Waals surface area contributed by atoms with Crippen LogP contribution in [-0.2, 0) is 6.42 Å². The molecule has 1 aromatic heterocycles. The van der Waals surface area contributed by atoms with E-state index in [1.165, 1.54) is 12.1 Å². The monoisotopic (exact) mass is 522 g/mol. The number of aliphatic hydroxyl groups is 1. The van der Waals surface area contributed by atoms with Crippen LogP contribution in [0.15, 0.2) is 60.8 Å². The lowest BCUT2D eigenvalue weighted by Crippen LogP contribution is -2.38. The van der Waals surface area contributed by atoms with Crippen molar-refractivity contribution in [1.82, 2.24) is 15.2 Å². The minimum absolute atomic E-state index is 0.105. The zero-order valence-electron chi connectivity index (χ0n) is 22.2. The van der Waals surface area contributed by atoms with Gasteiger partial charge in [-0.1, -0.05) is 24.3 Å². The lowest BCUT2D eigenvalue weighted by atomic mass is 9.91. The van der Waals surface area contributed by atoms with Crippen molar-refractivity contribution in [2.24, 2.45) is 0 Å². The molecule has 1 fully saturated rings. The second-order valence-electron chi connectivity index (χ2n) is 10.2. The predicted octanol–water partition coefficient (Wildman–Crippen LogP) is 5.25. The van der Waals surface area contributed by atoms with Crippen molar-refractivity contribution in [3.8, 4) is 28.3 Å². The van der Waals surface area contributed by atoms with E-state index in [-0.39, 0.29) is 18.6 Å². The average molecular weight is 523 g/mol. The van der Waals surface area contributed by atoms with Crippen molar-refractivity contribution in [3.63, 3.8) is 0 Å². The van der Waals surface area contributed by atoms with Crippen LogP contribution in [-0.4, -0.2) is 53.7 Å². The van der Waals surface area contributed by atoms with Crippen LogP contribution in [0.2, 0.25) is 0 Å². The van der Waals surface area contributed by atoms with Crippen LogP contribution in [0.4, 0.5) is 4.39 Å². The Morgan fingerprint density at radius 3 is 2.77 bits per heavy atom. The SMILES string of the molecule is Cc1c(C#N)cccc1-c1ccc2ncc(-c3cc(F)cc(CCO)c3)c(C(=O)N(C)C[C@@H]3CCCN3)c2c1. The number of nitriles is 1. The van der Waals surface area contributed by atoms with Crippen LogP contribution in [0.1, 0.15) is 39.9 Å². The van der Waals surface area contributed by atoms with E-state index >= 15 is 0 Å². The maximum absolute atomic E-state index is 14.7. The first-order valence-corrected chi connectivity index (χ1v) is 13.2. The van der Waals surface area contributed by atoms with Gasteiger partial charge in [0, 0.05) is 43.4 Å². The van der Waals surface area contributed by atoms with Crippen molar-refractivity contribution >= 4 is 16.8 Å². The van der Waals surface area contributed by atoms with Gasteiger partial charge in [-0.15, -0.1) is 0 Å². The Labute approximate surface area is 227 Å². The molecule has 0 unspecified atom stereocenters. The highest BCUT2D eigenvalue weighted by Crippen LogP contribution is 2.35. The third-order valence-electron chi connectivity index (χ3n) is 7.52. The summed E-state index contributed by atoms with van der Waals surface area (Å²) in [7, 11) is 1.80. The highest BCUT2D eigenvalue weighted by Gasteiger charge is 2.25. The van der Waals surface area contributed by atoms with Gasteiger partial charge in [-0.25, -0.2) is 4.39 Å². The van der Waals surface area contributed by atoms with E-state index in [0.29, 0.717) is 51.7 Å². The number of hydrogen-bond acceptors (Lipinski definition) is 5. The summed E-state index contributed by atoms with van der Waals surface area (Å²) in [4.78, 5) is 20.5. The number of rotatable bonds is 7. The summed E-state index contributed by atoms with van der Waals surface area (Å²) in [5.41, 5.74) is 6.05. The summed E-state index contributed by atoms with van der Waals surface area (Å²) in [6.07, 6.45) is 4.03. The fraction of sp³-hybridized carbons (Fsp3) is 0.281. The molecule has 198 valence electrons. The Morgan fingerprint density at radius 1 is 1.18 bits per heavy atom. The molecule has 5 rings (SSSR count). The molecule has 0 bridgehead atoms. The number of likely N-dealkylation sites (N-methyl/N-ethyl adjacent to an activating group) is 1. The van der Waals surface area contributed by atoms with Gasteiger partial charge < -0.3 is 15.3 Å². The summed E-state index contributed by atoms with van der Waals surface area (Å²) in [6, 6.07) is 18.4. The number of carbonyl (C=O) groups excluding carboxylic acids is 1. The topological polar surface area (TPSA) is 89.2 Å². The summed E-state index contributed by atoms with van der Waals surface area (Å²) in [5, 5.41) is 23.1. The number of hydrogen-bond donors (Lipinski definition) is 2. The maximum Gasteiger partial charge on any atom is 0.255 e. The zero-order chi connectivity index (χ0) is 27.5. The molecule has 4 aromatic rings. The number of benzene rings is 3. The predicted molar refractivity (Wildman–Crippen MR) is 151 cm³/mol. The number of aromatic nitrogens is 1. The molecule has 2 heterocycles. The first-order valence-electron chi connectivity index (χ1n) is 13.2. The molecule has 1 aliphatic heterocycles. The summed E-state index contributed by atoms with van der Waals surface area (Å²) >= 11 is 0. The quantitative estimate of drug-likeness (QED) is 0.346. The van der Waals surface area contributed by atoms with E-state index < -0.39 is 5.82 Å². The van der Waals surface area contributed by atoms with Crippen LogP contribution < -0.4 is 5.32 Å². The Balaban J connectivity index is 1.71. The summed E-state index contributed by atoms with van der Waals surface area (Å²) in [5.74, 6) is -0.602. The van der Waals surface area contributed by atoms with Crippen molar-refractivity contribution in [1.29, 1.82) is 5.26 Å². The second kappa shape index (κ2) is 11.3. The smallest absolute Gasteiger partial charge is 0.255 e. The Morgan fingerprint density at radius 2 is 2.03 bits per heavy atom. The van der Waals surface area contributed by atoms with Crippen LogP contribution >= 0.6 is 0 Å². The molecule has 0 aliphatic carbocycles. The summed E-state index contributed by atoms with van der Waals surface area (Å²) < 4.78 is 14.7. The van der Waals surface area contributed by atoms with Gasteiger partial charge >= 0.3 is 0 Å². The number of nitrogens with zero attached hydrogens (tertiary/aromatic N) is 3. The van der Waals surface area contributed by atoms with Gasteiger partial charge in [0.25, 0.3) is 5.91 Å². The number of nitrogens with one attached hydrogen (secondary N) is 1. The second-order valence-corrected chi connectivity index (χ2v) is 10.2. The number of fused-ring (bicyclic) bond motifs is 1.